The Bertz CT molecular complexity index is 506. The predicted molar refractivity (Wildman–Crippen MR) is 75.2 cm³/mol. The monoisotopic (exact) mass is 281 g/mol. The van der Waals surface area contributed by atoms with Crippen molar-refractivity contribution < 1.29 is 14.8 Å². The summed E-state index contributed by atoms with van der Waals surface area (Å²) in [6, 6.07) is 6.52. The Kier molecular flexibility index (Phi) is 4.65. The van der Waals surface area contributed by atoms with Gasteiger partial charge in [-0.2, -0.15) is 5.26 Å². The maximum absolute atomic E-state index is 10.1. The summed E-state index contributed by atoms with van der Waals surface area (Å²) in [7, 11) is -1.32. The summed E-state index contributed by atoms with van der Waals surface area (Å²) in [4.78, 5) is 0. The third kappa shape index (κ3) is 3.71. The van der Waals surface area contributed by atoms with E-state index < -0.39 is 18.3 Å². The molecule has 0 saturated heterocycles. The van der Waals surface area contributed by atoms with Gasteiger partial charge in [0.15, 0.2) is 0 Å². The lowest BCUT2D eigenvalue weighted by Crippen LogP contribution is -2.53. The molecule has 0 unspecified atom stereocenters. The first-order chi connectivity index (χ1) is 8.58. The Morgan fingerprint density at radius 1 is 1.32 bits per heavy atom. The Morgan fingerprint density at radius 2 is 1.89 bits per heavy atom. The van der Waals surface area contributed by atoms with E-state index in [1.807, 2.05) is 6.07 Å². The van der Waals surface area contributed by atoms with Crippen molar-refractivity contribution in [3.8, 4) is 6.07 Å². The molecule has 0 spiro atoms. The first-order valence-electron chi connectivity index (χ1n) is 5.86. The summed E-state index contributed by atoms with van der Waals surface area (Å²) in [6.07, 6.45) is 0. The van der Waals surface area contributed by atoms with Crippen LogP contribution in [0.4, 0.5) is 0 Å². The second-order valence-electron chi connectivity index (χ2n) is 5.39. The summed E-state index contributed by atoms with van der Waals surface area (Å²) in [6.45, 7) is 6.51. The molecule has 1 rings (SSSR count). The van der Waals surface area contributed by atoms with Crippen LogP contribution in [0.15, 0.2) is 18.2 Å². The van der Waals surface area contributed by atoms with E-state index in [4.69, 9.17) is 21.5 Å². The van der Waals surface area contributed by atoms with Gasteiger partial charge >= 0.3 is 7.12 Å². The van der Waals surface area contributed by atoms with E-state index in [2.05, 4.69) is 0 Å². The van der Waals surface area contributed by atoms with E-state index >= 15 is 0 Å². The second kappa shape index (κ2) is 5.52. The van der Waals surface area contributed by atoms with Gasteiger partial charge in [-0.25, -0.2) is 0 Å². The summed E-state index contributed by atoms with van der Waals surface area (Å²) in [5, 5.41) is 29.2. The highest BCUT2D eigenvalue weighted by atomic mass is 35.5. The van der Waals surface area contributed by atoms with Crippen molar-refractivity contribution in [2.75, 3.05) is 0 Å². The van der Waals surface area contributed by atoms with Gasteiger partial charge in [0.05, 0.1) is 22.8 Å². The van der Waals surface area contributed by atoms with Crippen LogP contribution >= 0.6 is 11.6 Å². The molecule has 2 N–H and O–H groups in total. The molecule has 0 radical (unpaired) electrons. The molecule has 0 bridgehead atoms. The van der Waals surface area contributed by atoms with Crippen LogP contribution in [0.3, 0.4) is 0 Å². The van der Waals surface area contributed by atoms with Crippen LogP contribution < -0.4 is 5.46 Å². The number of rotatable bonds is 4. The molecule has 1 aromatic rings. The lowest BCUT2D eigenvalue weighted by molar-refractivity contribution is -0.0982. The van der Waals surface area contributed by atoms with E-state index in [0.29, 0.717) is 16.0 Å². The Hall–Kier alpha value is -1.06. The normalized spacial score (nSPS) is 12.1. The van der Waals surface area contributed by atoms with Crippen LogP contribution in [0.5, 0.6) is 0 Å². The molecule has 6 heteroatoms. The van der Waals surface area contributed by atoms with Gasteiger partial charge < -0.3 is 14.8 Å². The zero-order valence-corrected chi connectivity index (χ0v) is 12.2. The minimum absolute atomic E-state index is 0.304. The molecule has 1 aromatic carbocycles. The van der Waals surface area contributed by atoms with E-state index in [1.165, 1.54) is 12.1 Å². The smallest absolute Gasteiger partial charge is 0.423 e. The molecular weight excluding hydrogens is 264 g/mol. The number of hydrogen-bond donors (Lipinski definition) is 2. The van der Waals surface area contributed by atoms with Gasteiger partial charge in [-0.3, -0.25) is 0 Å². The number of nitriles is 1. The van der Waals surface area contributed by atoms with Crippen LogP contribution in [0, 0.1) is 11.3 Å². The van der Waals surface area contributed by atoms with Crippen molar-refractivity contribution in [3.05, 3.63) is 28.8 Å². The van der Waals surface area contributed by atoms with Crippen molar-refractivity contribution >= 4 is 24.2 Å². The lowest BCUT2D eigenvalue weighted by atomic mass is 9.76. The van der Waals surface area contributed by atoms with Gasteiger partial charge in [-0.05, 0) is 45.9 Å². The molecule has 0 saturated carbocycles. The quantitative estimate of drug-likeness (QED) is 0.820. The molecule has 102 valence electrons. The van der Waals surface area contributed by atoms with Crippen LogP contribution in [0.1, 0.15) is 33.3 Å². The van der Waals surface area contributed by atoms with Crippen molar-refractivity contribution in [1.82, 2.24) is 0 Å². The number of hydrogen-bond acceptors (Lipinski definition) is 4. The van der Waals surface area contributed by atoms with Gasteiger partial charge in [-0.1, -0.05) is 11.6 Å². The van der Waals surface area contributed by atoms with Gasteiger partial charge in [0.1, 0.15) is 0 Å². The Balaban J connectivity index is 3.02. The number of benzene rings is 1. The molecule has 0 aliphatic heterocycles. The van der Waals surface area contributed by atoms with Crippen LogP contribution in [-0.4, -0.2) is 28.5 Å². The van der Waals surface area contributed by atoms with Gasteiger partial charge in [0.2, 0.25) is 0 Å². The van der Waals surface area contributed by atoms with Gasteiger partial charge in [0, 0.05) is 10.5 Å². The number of aliphatic hydroxyl groups is 1. The summed E-state index contributed by atoms with van der Waals surface area (Å²) in [5.41, 5.74) is -1.45. The zero-order chi connectivity index (χ0) is 14.8. The maximum Gasteiger partial charge on any atom is 0.493 e. The zero-order valence-electron chi connectivity index (χ0n) is 11.4. The van der Waals surface area contributed by atoms with E-state index in [0.717, 1.165) is 0 Å². The third-order valence-electron chi connectivity index (χ3n) is 3.27. The molecular formula is C13H17BClNO3. The second-order valence-corrected chi connectivity index (χ2v) is 5.79. The lowest BCUT2D eigenvalue weighted by Gasteiger charge is -2.38. The fourth-order valence-corrected chi connectivity index (χ4v) is 1.50. The first kappa shape index (κ1) is 16.0. The average Bonchev–Trinajstić information content (AvgIpc) is 2.27. The minimum atomic E-state index is -1.32. The van der Waals surface area contributed by atoms with Gasteiger partial charge in [0.25, 0.3) is 0 Å². The van der Waals surface area contributed by atoms with E-state index in [1.54, 1.807) is 33.8 Å². The van der Waals surface area contributed by atoms with Crippen LogP contribution in [0.2, 0.25) is 5.02 Å². The fourth-order valence-electron chi connectivity index (χ4n) is 1.29. The molecule has 0 aliphatic carbocycles. The first-order valence-corrected chi connectivity index (χ1v) is 6.24. The Labute approximate surface area is 118 Å². The predicted octanol–water partition coefficient (Wildman–Crippen LogP) is 1.47. The average molecular weight is 282 g/mol. The largest absolute Gasteiger partial charge is 0.493 e. The van der Waals surface area contributed by atoms with Gasteiger partial charge in [-0.15, -0.1) is 0 Å². The van der Waals surface area contributed by atoms with Crippen molar-refractivity contribution in [2.24, 2.45) is 0 Å². The molecule has 0 fully saturated rings. The number of nitrogens with zero attached hydrogens (tertiary/aromatic N) is 1. The topological polar surface area (TPSA) is 73.5 Å². The van der Waals surface area contributed by atoms with Crippen LogP contribution in [0.25, 0.3) is 0 Å². The van der Waals surface area contributed by atoms with Crippen molar-refractivity contribution in [1.29, 1.82) is 5.26 Å². The minimum Gasteiger partial charge on any atom is -0.423 e. The highest BCUT2D eigenvalue weighted by Crippen LogP contribution is 2.25. The van der Waals surface area contributed by atoms with Crippen LogP contribution in [-0.2, 0) is 4.65 Å². The molecule has 0 aliphatic rings. The Morgan fingerprint density at radius 3 is 2.37 bits per heavy atom. The number of halogens is 1. The highest BCUT2D eigenvalue weighted by Gasteiger charge is 2.40. The van der Waals surface area contributed by atoms with Crippen molar-refractivity contribution in [3.63, 3.8) is 0 Å². The molecule has 19 heavy (non-hydrogen) atoms. The molecule has 0 heterocycles. The molecule has 4 nitrogen and oxygen atoms in total. The maximum atomic E-state index is 10.1. The highest BCUT2D eigenvalue weighted by molar-refractivity contribution is 6.64. The van der Waals surface area contributed by atoms with Crippen molar-refractivity contribution in [2.45, 2.75) is 38.9 Å². The van der Waals surface area contributed by atoms with E-state index in [-0.39, 0.29) is 0 Å². The standard InChI is InChI=1S/C13H17BClNO3/c1-12(2,17)13(3,4)19-14(18)10-7-9(8-16)5-6-11(10)15/h5-7,17-18H,1-4H3. The molecule has 0 atom stereocenters. The fraction of sp³-hybridized carbons (Fsp3) is 0.462. The van der Waals surface area contributed by atoms with E-state index in [9.17, 15) is 10.1 Å². The summed E-state index contributed by atoms with van der Waals surface area (Å²) < 4.78 is 5.48. The summed E-state index contributed by atoms with van der Waals surface area (Å²) >= 11 is 5.98. The third-order valence-corrected chi connectivity index (χ3v) is 3.61. The summed E-state index contributed by atoms with van der Waals surface area (Å²) in [5.74, 6) is 0. The molecule has 0 amide bonds. The SMILES string of the molecule is CC(C)(O)C(C)(C)OB(O)c1cc(C#N)ccc1Cl. The molecule has 0 aromatic heterocycles.